The van der Waals surface area contributed by atoms with Crippen LogP contribution in [0.3, 0.4) is 0 Å². The highest BCUT2D eigenvalue weighted by molar-refractivity contribution is 7.98. The van der Waals surface area contributed by atoms with Gasteiger partial charge in [-0.2, -0.15) is 0 Å². The maximum atomic E-state index is 6.18. The van der Waals surface area contributed by atoms with Crippen molar-refractivity contribution in [1.82, 2.24) is 25.4 Å². The van der Waals surface area contributed by atoms with Crippen molar-refractivity contribution in [3.8, 4) is 22.8 Å². The number of hydrogen-bond acceptors (Lipinski definition) is 6. The highest BCUT2D eigenvalue weighted by Crippen LogP contribution is 2.29. The first kappa shape index (κ1) is 17.1. The largest absolute Gasteiger partial charge is 0.420 e. The molecule has 4 aromatic rings. The van der Waals surface area contributed by atoms with Crippen LogP contribution in [0.1, 0.15) is 5.89 Å². The topological polar surface area (TPSA) is 80.5 Å². The summed E-state index contributed by atoms with van der Waals surface area (Å²) in [7, 11) is 0. The summed E-state index contributed by atoms with van der Waals surface area (Å²) in [6.07, 6.45) is 0. The third-order valence-electron chi connectivity index (χ3n) is 3.49. The zero-order valence-electron chi connectivity index (χ0n) is 13.2. The molecule has 0 amide bonds. The van der Waals surface area contributed by atoms with Crippen LogP contribution >= 0.6 is 35.0 Å². The lowest BCUT2D eigenvalue weighted by Gasteiger charge is -1.97. The summed E-state index contributed by atoms with van der Waals surface area (Å²) in [6, 6.07) is 14.8. The first-order chi connectivity index (χ1) is 12.7. The summed E-state index contributed by atoms with van der Waals surface area (Å²) in [4.78, 5) is 4.44. The minimum Gasteiger partial charge on any atom is -0.420 e. The fourth-order valence-corrected chi connectivity index (χ4v) is 3.34. The van der Waals surface area contributed by atoms with E-state index >= 15 is 0 Å². The zero-order chi connectivity index (χ0) is 17.9. The Morgan fingerprint density at radius 1 is 0.923 bits per heavy atom. The summed E-state index contributed by atoms with van der Waals surface area (Å²) in [6.45, 7) is 0. The standard InChI is InChI=1S/C17H11Cl2N5OS/c18-12-7-3-1-5-10(12)15-20-17(24-22-15)26-9-14-21-23-16(25-14)11-6-2-4-8-13(11)19/h1-8H,9H2,(H,20,22,24). The zero-order valence-corrected chi connectivity index (χ0v) is 15.5. The fourth-order valence-electron chi connectivity index (χ4n) is 2.27. The molecule has 0 atom stereocenters. The number of rotatable bonds is 5. The normalized spacial score (nSPS) is 11.0. The predicted octanol–water partition coefficient (Wildman–Crippen LogP) is 5.12. The number of benzene rings is 2. The van der Waals surface area contributed by atoms with Gasteiger partial charge >= 0.3 is 0 Å². The van der Waals surface area contributed by atoms with E-state index in [9.17, 15) is 0 Å². The van der Waals surface area contributed by atoms with Crippen LogP contribution in [0.5, 0.6) is 0 Å². The van der Waals surface area contributed by atoms with Crippen LogP contribution in [0.2, 0.25) is 10.0 Å². The Morgan fingerprint density at radius 3 is 2.35 bits per heavy atom. The average Bonchev–Trinajstić information content (AvgIpc) is 3.30. The number of nitrogens with zero attached hydrogens (tertiary/aromatic N) is 4. The molecule has 1 N–H and O–H groups in total. The fraction of sp³-hybridized carbons (Fsp3) is 0.0588. The number of nitrogens with one attached hydrogen (secondary N) is 1. The van der Waals surface area contributed by atoms with Crippen LogP contribution in [-0.2, 0) is 5.75 Å². The molecule has 26 heavy (non-hydrogen) atoms. The molecule has 0 aliphatic carbocycles. The van der Waals surface area contributed by atoms with E-state index in [-0.39, 0.29) is 0 Å². The van der Waals surface area contributed by atoms with Crippen molar-refractivity contribution < 1.29 is 4.42 Å². The molecule has 0 unspecified atom stereocenters. The lowest BCUT2D eigenvalue weighted by molar-refractivity contribution is 0.528. The maximum absolute atomic E-state index is 6.18. The quantitative estimate of drug-likeness (QED) is 0.465. The van der Waals surface area contributed by atoms with Crippen molar-refractivity contribution >= 4 is 35.0 Å². The Kier molecular flexibility index (Phi) is 4.92. The molecule has 2 aromatic carbocycles. The minimum atomic E-state index is 0.387. The van der Waals surface area contributed by atoms with Crippen LogP contribution in [0.15, 0.2) is 58.1 Å². The third-order valence-corrected chi connectivity index (χ3v) is 4.98. The minimum absolute atomic E-state index is 0.387. The van der Waals surface area contributed by atoms with Crippen molar-refractivity contribution in [2.45, 2.75) is 10.9 Å². The Bertz CT molecular complexity index is 965. The molecule has 0 fully saturated rings. The van der Waals surface area contributed by atoms with E-state index in [2.05, 4.69) is 25.4 Å². The first-order valence-electron chi connectivity index (χ1n) is 7.58. The van der Waals surface area contributed by atoms with Crippen molar-refractivity contribution in [3.05, 3.63) is 64.5 Å². The van der Waals surface area contributed by atoms with Gasteiger partial charge in [-0.25, -0.2) is 4.98 Å². The molecule has 0 saturated carbocycles. The number of aromatic amines is 1. The Balaban J connectivity index is 1.46. The SMILES string of the molecule is Clc1ccccc1-c1nc(SCc2nnc(-c3ccccc3Cl)o2)n[nH]1. The van der Waals surface area contributed by atoms with Crippen LogP contribution in [-0.4, -0.2) is 25.4 Å². The van der Waals surface area contributed by atoms with Gasteiger partial charge in [0.05, 0.1) is 21.4 Å². The molecule has 4 rings (SSSR count). The number of aromatic nitrogens is 5. The lowest BCUT2D eigenvalue weighted by atomic mass is 10.2. The highest BCUT2D eigenvalue weighted by Gasteiger charge is 2.14. The van der Waals surface area contributed by atoms with Gasteiger partial charge in [0.15, 0.2) is 5.82 Å². The van der Waals surface area contributed by atoms with E-state index in [0.29, 0.717) is 44.1 Å². The van der Waals surface area contributed by atoms with Crippen molar-refractivity contribution in [3.63, 3.8) is 0 Å². The molecule has 0 bridgehead atoms. The van der Waals surface area contributed by atoms with Crippen LogP contribution in [0.25, 0.3) is 22.8 Å². The summed E-state index contributed by atoms with van der Waals surface area (Å²) >= 11 is 13.7. The number of thioether (sulfide) groups is 1. The Hall–Kier alpha value is -2.35. The van der Waals surface area contributed by atoms with Crippen molar-refractivity contribution in [2.24, 2.45) is 0 Å². The third kappa shape index (κ3) is 3.60. The van der Waals surface area contributed by atoms with Gasteiger partial charge in [0.25, 0.3) is 0 Å². The molecule has 130 valence electrons. The van der Waals surface area contributed by atoms with Crippen molar-refractivity contribution in [2.75, 3.05) is 0 Å². The van der Waals surface area contributed by atoms with Crippen LogP contribution in [0, 0.1) is 0 Å². The highest BCUT2D eigenvalue weighted by atomic mass is 35.5. The Labute approximate surface area is 163 Å². The van der Waals surface area contributed by atoms with Gasteiger partial charge in [-0.05, 0) is 24.3 Å². The molecule has 0 saturated heterocycles. The first-order valence-corrected chi connectivity index (χ1v) is 9.32. The average molecular weight is 404 g/mol. The number of hydrogen-bond donors (Lipinski definition) is 1. The summed E-state index contributed by atoms with van der Waals surface area (Å²) in [5.74, 6) is 1.91. The van der Waals surface area contributed by atoms with E-state index in [0.717, 1.165) is 5.56 Å². The Morgan fingerprint density at radius 2 is 1.62 bits per heavy atom. The molecule has 9 heteroatoms. The molecule has 0 spiro atoms. The smallest absolute Gasteiger partial charge is 0.249 e. The van der Waals surface area contributed by atoms with Gasteiger partial charge in [0.1, 0.15) is 0 Å². The van der Waals surface area contributed by atoms with E-state index < -0.39 is 0 Å². The summed E-state index contributed by atoms with van der Waals surface area (Å²) in [5.41, 5.74) is 1.50. The molecular formula is C17H11Cl2N5OS. The second kappa shape index (κ2) is 7.49. The van der Waals surface area contributed by atoms with Crippen LogP contribution in [0.4, 0.5) is 0 Å². The van der Waals surface area contributed by atoms with E-state index in [4.69, 9.17) is 27.6 Å². The van der Waals surface area contributed by atoms with E-state index in [1.807, 2.05) is 36.4 Å². The lowest BCUT2D eigenvalue weighted by Crippen LogP contribution is -1.83. The molecule has 0 aliphatic rings. The van der Waals surface area contributed by atoms with Gasteiger partial charge in [0, 0.05) is 5.56 Å². The van der Waals surface area contributed by atoms with Gasteiger partial charge in [-0.15, -0.1) is 15.3 Å². The maximum Gasteiger partial charge on any atom is 0.249 e. The molecule has 2 heterocycles. The van der Waals surface area contributed by atoms with Crippen LogP contribution < -0.4 is 0 Å². The summed E-state index contributed by atoms with van der Waals surface area (Å²) < 4.78 is 5.67. The second-order valence-corrected chi connectivity index (χ2v) is 6.97. The van der Waals surface area contributed by atoms with E-state index in [1.54, 1.807) is 12.1 Å². The second-order valence-electron chi connectivity index (χ2n) is 5.22. The molecule has 6 nitrogen and oxygen atoms in total. The predicted molar refractivity (Wildman–Crippen MR) is 101 cm³/mol. The van der Waals surface area contributed by atoms with E-state index in [1.165, 1.54) is 11.8 Å². The monoisotopic (exact) mass is 403 g/mol. The molecular weight excluding hydrogens is 393 g/mol. The van der Waals surface area contributed by atoms with Gasteiger partial charge < -0.3 is 4.42 Å². The molecule has 2 aromatic heterocycles. The van der Waals surface area contributed by atoms with Gasteiger partial charge in [-0.1, -0.05) is 59.2 Å². The molecule has 0 radical (unpaired) electrons. The van der Waals surface area contributed by atoms with Crippen molar-refractivity contribution in [1.29, 1.82) is 0 Å². The number of halogens is 2. The molecule has 0 aliphatic heterocycles. The van der Waals surface area contributed by atoms with Gasteiger partial charge in [-0.3, -0.25) is 5.10 Å². The summed E-state index contributed by atoms with van der Waals surface area (Å²) in [5, 5.41) is 16.9. The van der Waals surface area contributed by atoms with Gasteiger partial charge in [0.2, 0.25) is 16.9 Å². The number of H-pyrrole nitrogens is 1.